The Hall–Kier alpha value is -4.95. The number of hydrazone groups is 1. The average Bonchev–Trinajstić information content (AvgIpc) is 3.80. The molecule has 0 aromatic heterocycles. The van der Waals surface area contributed by atoms with Gasteiger partial charge in [0.2, 0.25) is 0 Å². The summed E-state index contributed by atoms with van der Waals surface area (Å²) in [6.07, 6.45) is 20.0. The number of hydrogen-bond acceptors (Lipinski definition) is 10. The van der Waals surface area contributed by atoms with Gasteiger partial charge >= 0.3 is 6.09 Å². The zero-order chi connectivity index (χ0) is 45.2. The van der Waals surface area contributed by atoms with Crippen LogP contribution in [0.15, 0.2) is 82.8 Å². The number of unbranched alkanes of at least 4 members (excludes halogenated alkanes) is 15. The summed E-state index contributed by atoms with van der Waals surface area (Å²) in [7, 11) is -4.27. The number of carbonyl (C=O) groups excluding carboxylic acids is 4. The third-order valence-electron chi connectivity index (χ3n) is 11.4. The second kappa shape index (κ2) is 24.2. The molecule has 342 valence electrons. The summed E-state index contributed by atoms with van der Waals surface area (Å²) in [5, 5.41) is 8.72. The Bertz CT molecular complexity index is 2130. The summed E-state index contributed by atoms with van der Waals surface area (Å²) in [5.41, 5.74) is -0.736. The van der Waals surface area contributed by atoms with Crippen molar-refractivity contribution in [3.05, 3.63) is 83.4 Å². The molecule has 2 heterocycles. The third kappa shape index (κ3) is 14.3. The lowest BCUT2D eigenvalue weighted by atomic mass is 9.98. The van der Waals surface area contributed by atoms with Crippen LogP contribution in [0.25, 0.3) is 0 Å². The normalized spacial score (nSPS) is 16.3. The molecule has 3 amide bonds. The molecule has 0 aliphatic carbocycles. The fourth-order valence-corrected chi connectivity index (χ4v) is 9.13. The van der Waals surface area contributed by atoms with Crippen LogP contribution in [-0.4, -0.2) is 72.5 Å². The lowest BCUT2D eigenvalue weighted by molar-refractivity contribution is -0.144. The molecule has 5 rings (SSSR count). The van der Waals surface area contributed by atoms with Crippen molar-refractivity contribution in [1.29, 1.82) is 0 Å². The van der Waals surface area contributed by atoms with Crippen LogP contribution in [0.3, 0.4) is 0 Å². The van der Waals surface area contributed by atoms with Crippen LogP contribution in [0.4, 0.5) is 16.2 Å². The quantitative estimate of drug-likeness (QED) is 0.0533. The number of imide groups is 1. The molecule has 0 spiro atoms. The molecular weight excluding hydrogens is 842 g/mol. The van der Waals surface area contributed by atoms with Crippen LogP contribution in [0.1, 0.15) is 135 Å². The maximum atomic E-state index is 14.5. The van der Waals surface area contributed by atoms with E-state index in [9.17, 15) is 27.6 Å². The number of para-hydroxylation sites is 1. The highest BCUT2D eigenvalue weighted by atomic mass is 35.5. The van der Waals surface area contributed by atoms with Gasteiger partial charge in [-0.25, -0.2) is 18.1 Å². The molecule has 2 N–H and O–H groups in total. The van der Waals surface area contributed by atoms with Crippen molar-refractivity contribution in [3.8, 4) is 5.75 Å². The molecule has 1 fully saturated rings. The van der Waals surface area contributed by atoms with Crippen LogP contribution < -0.4 is 14.8 Å². The highest BCUT2D eigenvalue weighted by Gasteiger charge is 2.55. The first-order valence-electron chi connectivity index (χ1n) is 22.6. The highest BCUT2D eigenvalue weighted by molar-refractivity contribution is 7.92. The number of amides is 3. The summed E-state index contributed by atoms with van der Waals surface area (Å²) in [6, 6.07) is 16.6. The number of Topliss-reactive ketones (excluding diaryl/α,β-unsaturated/α-hetero) is 1. The number of nitrogens with one attached hydrogen (secondary N) is 2. The Labute approximate surface area is 378 Å². The number of rotatable bonds is 28. The second-order valence-corrected chi connectivity index (χ2v) is 19.0. The summed E-state index contributed by atoms with van der Waals surface area (Å²) >= 11 is 6.27. The zero-order valence-electron chi connectivity index (χ0n) is 37.0. The molecule has 2 unspecified atom stereocenters. The lowest BCUT2D eigenvalue weighted by Crippen LogP contribution is -2.57. The van der Waals surface area contributed by atoms with E-state index in [1.54, 1.807) is 24.4 Å². The molecule has 0 radical (unpaired) electrons. The highest BCUT2D eigenvalue weighted by Crippen LogP contribution is 2.33. The predicted octanol–water partition coefficient (Wildman–Crippen LogP) is 10.7. The van der Waals surface area contributed by atoms with Gasteiger partial charge in [-0.2, -0.15) is 5.10 Å². The molecule has 15 heteroatoms. The number of nitrogens with zero attached hydrogens (tertiary/aromatic N) is 3. The van der Waals surface area contributed by atoms with E-state index in [4.69, 9.17) is 21.1 Å². The number of hydrogen-bond donors (Lipinski definition) is 2. The van der Waals surface area contributed by atoms with Gasteiger partial charge in [0.05, 0.1) is 34.4 Å². The number of ether oxygens (including phenoxy) is 2. The van der Waals surface area contributed by atoms with Gasteiger partial charge in [0.25, 0.3) is 21.8 Å². The Morgan fingerprint density at radius 2 is 1.41 bits per heavy atom. The molecule has 0 bridgehead atoms. The Morgan fingerprint density at radius 3 is 2.00 bits per heavy atom. The average molecular weight is 907 g/mol. The van der Waals surface area contributed by atoms with Crippen molar-refractivity contribution >= 4 is 62.9 Å². The molecular formula is C48H64ClN5O8S. The van der Waals surface area contributed by atoms with Crippen molar-refractivity contribution in [2.45, 2.75) is 159 Å². The fraction of sp³-hybridized carbons (Fsp3) is 0.521. The van der Waals surface area contributed by atoms with Crippen LogP contribution in [-0.2, 0) is 35.7 Å². The summed E-state index contributed by atoms with van der Waals surface area (Å²) in [4.78, 5) is 56.3. The summed E-state index contributed by atoms with van der Waals surface area (Å²) in [6.45, 7) is 5.49. The third-order valence-corrected chi connectivity index (χ3v) is 13.1. The standard InChI is InChI=1S/C48H64ClN5O8S/c1-4-5-6-7-8-9-10-11-12-13-14-15-16-17-18-24-33-61-42-30-29-37(63(59,60)52-39-28-23-22-27-38(39)49)34-40(42)51-45(56)43(54-46(57)48(2,3)62-47(54)58)44(55)41-31-32-50-53(41)35-36-25-20-19-21-26-36/h19-23,25-30,32,34,41,43,52H,4-18,24,31,33,35H2,1-3H3,(H,51,56). The number of halogens is 1. The second-order valence-electron chi connectivity index (χ2n) is 16.9. The molecule has 3 aromatic carbocycles. The minimum Gasteiger partial charge on any atom is -0.491 e. The molecule has 2 atom stereocenters. The number of carbonyl (C=O) groups is 4. The van der Waals surface area contributed by atoms with Crippen molar-refractivity contribution in [1.82, 2.24) is 9.91 Å². The molecule has 2 aliphatic heterocycles. The number of anilines is 2. The van der Waals surface area contributed by atoms with E-state index in [1.165, 1.54) is 120 Å². The minimum absolute atomic E-state index is 0.0839. The monoisotopic (exact) mass is 905 g/mol. The molecule has 63 heavy (non-hydrogen) atoms. The lowest BCUT2D eigenvalue weighted by Gasteiger charge is -2.29. The topological polar surface area (TPSA) is 164 Å². The van der Waals surface area contributed by atoms with Crippen molar-refractivity contribution in [2.24, 2.45) is 5.10 Å². The van der Waals surface area contributed by atoms with E-state index in [2.05, 4.69) is 22.1 Å². The van der Waals surface area contributed by atoms with Gasteiger partial charge in [-0.3, -0.25) is 24.1 Å². The SMILES string of the molecule is CCCCCCCCCCCCCCCCCCOc1ccc(S(=O)(=O)Nc2ccccc2Cl)cc1NC(=O)C(C(=O)C1CC=NN1Cc1ccccc1)N1C(=O)OC(C)(C)C1=O. The number of benzene rings is 3. The van der Waals surface area contributed by atoms with Crippen molar-refractivity contribution < 1.29 is 37.1 Å². The van der Waals surface area contributed by atoms with E-state index in [1.807, 2.05) is 30.3 Å². The van der Waals surface area contributed by atoms with Crippen LogP contribution in [0.5, 0.6) is 5.75 Å². The van der Waals surface area contributed by atoms with E-state index < -0.39 is 51.4 Å². The number of ketones is 1. The Balaban J connectivity index is 1.27. The van der Waals surface area contributed by atoms with Crippen molar-refractivity contribution in [3.63, 3.8) is 0 Å². The predicted molar refractivity (Wildman–Crippen MR) is 247 cm³/mol. The van der Waals surface area contributed by atoms with Gasteiger partial charge in [-0.1, -0.05) is 157 Å². The first kappa shape index (κ1) is 49.1. The van der Waals surface area contributed by atoms with Crippen LogP contribution >= 0.6 is 11.6 Å². The number of cyclic esters (lactones) is 1. The van der Waals surface area contributed by atoms with Gasteiger partial charge in [0.1, 0.15) is 11.8 Å². The van der Waals surface area contributed by atoms with Gasteiger partial charge in [-0.15, -0.1) is 0 Å². The smallest absolute Gasteiger partial charge is 0.418 e. The first-order chi connectivity index (χ1) is 30.3. The first-order valence-corrected chi connectivity index (χ1v) is 24.5. The van der Waals surface area contributed by atoms with E-state index >= 15 is 0 Å². The molecule has 0 saturated carbocycles. The molecule has 2 aliphatic rings. The van der Waals surface area contributed by atoms with Gasteiger partial charge in [0.15, 0.2) is 17.4 Å². The maximum absolute atomic E-state index is 14.5. The van der Waals surface area contributed by atoms with E-state index in [0.717, 1.165) is 24.8 Å². The molecule has 3 aromatic rings. The largest absolute Gasteiger partial charge is 0.491 e. The maximum Gasteiger partial charge on any atom is 0.418 e. The van der Waals surface area contributed by atoms with Gasteiger partial charge in [-0.05, 0) is 56.2 Å². The Morgan fingerprint density at radius 1 is 0.825 bits per heavy atom. The Kier molecular flexibility index (Phi) is 18.9. The van der Waals surface area contributed by atoms with Crippen LogP contribution in [0, 0.1) is 0 Å². The van der Waals surface area contributed by atoms with Gasteiger partial charge < -0.3 is 14.8 Å². The molecule has 1 saturated heterocycles. The van der Waals surface area contributed by atoms with E-state index in [0.29, 0.717) is 11.3 Å². The van der Waals surface area contributed by atoms with Crippen LogP contribution in [0.2, 0.25) is 5.02 Å². The zero-order valence-corrected chi connectivity index (χ0v) is 38.6. The summed E-state index contributed by atoms with van der Waals surface area (Å²) in [5.74, 6) is -2.58. The van der Waals surface area contributed by atoms with Gasteiger partial charge in [0, 0.05) is 12.6 Å². The van der Waals surface area contributed by atoms with E-state index in [-0.39, 0.29) is 46.6 Å². The minimum atomic E-state index is -4.27. The number of sulfonamides is 1. The summed E-state index contributed by atoms with van der Waals surface area (Å²) < 4.78 is 41.3. The fourth-order valence-electron chi connectivity index (χ4n) is 7.78. The van der Waals surface area contributed by atoms with Crippen molar-refractivity contribution in [2.75, 3.05) is 16.6 Å². The molecule has 13 nitrogen and oxygen atoms in total.